The second-order valence-corrected chi connectivity index (χ2v) is 6.43. The molecule has 90 valence electrons. The number of phenols is 1. The smallest absolute Gasteiger partial charge is 0.192 e. The van der Waals surface area contributed by atoms with E-state index in [0.29, 0.717) is 0 Å². The maximum atomic E-state index is 9.71. The van der Waals surface area contributed by atoms with Crippen molar-refractivity contribution in [3.05, 3.63) is 35.9 Å². The summed E-state index contributed by atoms with van der Waals surface area (Å²) < 4.78 is 0. The zero-order chi connectivity index (χ0) is 12.6. The molecule has 0 aliphatic carbocycles. The fourth-order valence-corrected chi connectivity index (χ4v) is 2.79. The molecule has 0 atom stereocenters. The highest BCUT2D eigenvalue weighted by atomic mass is 28.2. The van der Waals surface area contributed by atoms with Gasteiger partial charge < -0.3 is 9.90 Å². The first kappa shape index (κ1) is 12.1. The van der Waals surface area contributed by atoms with Gasteiger partial charge >= 0.3 is 0 Å². The molecule has 3 heteroatoms. The van der Waals surface area contributed by atoms with E-state index in [9.17, 15) is 9.90 Å². The topological polar surface area (TPSA) is 40.5 Å². The maximum absolute atomic E-state index is 9.71. The Balaban J connectivity index is 2.69. The highest BCUT2D eigenvalue weighted by Gasteiger charge is 2.15. The van der Waals surface area contributed by atoms with Gasteiger partial charge in [0.05, 0.1) is 0 Å². The van der Waals surface area contributed by atoms with Crippen molar-refractivity contribution in [3.8, 4) is 5.75 Å². The van der Waals surface area contributed by atoms with Crippen molar-refractivity contribution in [1.29, 1.82) is 0 Å². The van der Waals surface area contributed by atoms with Crippen molar-refractivity contribution in [2.75, 3.05) is 0 Å². The van der Waals surface area contributed by atoms with E-state index in [1.807, 2.05) is 12.1 Å². The van der Waals surface area contributed by atoms with E-state index in [2.05, 4.69) is 32.9 Å². The fourth-order valence-electron chi connectivity index (χ4n) is 2.02. The molecular weight excluding hydrogens is 228 g/mol. The molecule has 0 fully saturated rings. The van der Waals surface area contributed by atoms with E-state index < -0.39 is 9.76 Å². The average Bonchev–Trinajstić information content (AvgIpc) is 2.27. The van der Waals surface area contributed by atoms with Gasteiger partial charge in [-0.25, -0.2) is 0 Å². The molecule has 0 aromatic heterocycles. The second kappa shape index (κ2) is 4.16. The van der Waals surface area contributed by atoms with E-state index in [0.717, 1.165) is 16.0 Å². The zero-order valence-corrected chi connectivity index (χ0v) is 11.9. The van der Waals surface area contributed by atoms with E-state index in [-0.39, 0.29) is 11.2 Å². The predicted molar refractivity (Wildman–Crippen MR) is 74.7 cm³/mol. The molecule has 0 saturated heterocycles. The van der Waals surface area contributed by atoms with E-state index >= 15 is 0 Å². The predicted octanol–water partition coefficient (Wildman–Crippen LogP) is 1.54. The number of phenolic OH excluding ortho intramolecular Hbond substituents is 1. The second-order valence-electron chi connectivity index (χ2n) is 5.41. The molecular formula is C14H18O2Si. The number of fused-ring (bicyclic) bond motifs is 1. The van der Waals surface area contributed by atoms with Gasteiger partial charge in [0.2, 0.25) is 0 Å². The van der Waals surface area contributed by atoms with E-state index in [1.54, 1.807) is 6.07 Å². The maximum Gasteiger partial charge on any atom is 0.192 e. The normalized spacial score (nSPS) is 12.7. The zero-order valence-electron chi connectivity index (χ0n) is 10.5. The van der Waals surface area contributed by atoms with Crippen molar-refractivity contribution in [1.82, 2.24) is 0 Å². The summed E-state index contributed by atoms with van der Waals surface area (Å²) in [4.78, 5) is 9.42. The standard InChI is InChI=1S/C14H18O2Si/c1-14(2,3)10-5-6-11-9(8-10)4-7-12(15)13(11)17-16/h4-8,15-16H,17H2,1-3H3. The van der Waals surface area contributed by atoms with Crippen LogP contribution in [0.1, 0.15) is 26.3 Å². The van der Waals surface area contributed by atoms with Crippen LogP contribution in [0.15, 0.2) is 30.3 Å². The van der Waals surface area contributed by atoms with Crippen LogP contribution in [0.2, 0.25) is 0 Å². The third kappa shape index (κ3) is 2.21. The van der Waals surface area contributed by atoms with Gasteiger partial charge in [0.1, 0.15) is 5.75 Å². The Morgan fingerprint density at radius 2 is 1.76 bits per heavy atom. The van der Waals surface area contributed by atoms with Crippen LogP contribution >= 0.6 is 0 Å². The molecule has 0 radical (unpaired) electrons. The molecule has 0 saturated carbocycles. The van der Waals surface area contributed by atoms with Gasteiger partial charge in [-0.15, -0.1) is 0 Å². The summed E-state index contributed by atoms with van der Waals surface area (Å²) in [5, 5.41) is 12.5. The number of hydrogen-bond donors (Lipinski definition) is 2. The number of rotatable bonds is 1. The molecule has 2 N–H and O–H groups in total. The Kier molecular flexibility index (Phi) is 2.97. The van der Waals surface area contributed by atoms with Crippen LogP contribution in [-0.4, -0.2) is 19.7 Å². The molecule has 0 aliphatic rings. The summed E-state index contributed by atoms with van der Waals surface area (Å²) in [6.45, 7) is 6.53. The number of aromatic hydroxyl groups is 1. The minimum absolute atomic E-state index is 0.114. The highest BCUT2D eigenvalue weighted by Crippen LogP contribution is 2.26. The van der Waals surface area contributed by atoms with Crippen LogP contribution in [0.4, 0.5) is 0 Å². The fraction of sp³-hybridized carbons (Fsp3) is 0.286. The monoisotopic (exact) mass is 246 g/mol. The molecule has 2 rings (SSSR count). The third-order valence-electron chi connectivity index (χ3n) is 3.13. The molecule has 17 heavy (non-hydrogen) atoms. The van der Waals surface area contributed by atoms with Crippen LogP contribution in [0.3, 0.4) is 0 Å². The largest absolute Gasteiger partial charge is 0.508 e. The minimum Gasteiger partial charge on any atom is -0.508 e. The lowest BCUT2D eigenvalue weighted by atomic mass is 9.86. The highest BCUT2D eigenvalue weighted by molar-refractivity contribution is 6.51. The first-order valence-corrected chi connectivity index (χ1v) is 7.13. The Labute approximate surface area is 104 Å². The van der Waals surface area contributed by atoms with E-state index in [4.69, 9.17) is 0 Å². The lowest BCUT2D eigenvalue weighted by molar-refractivity contribution is 0.478. The first-order chi connectivity index (χ1) is 7.93. The lowest BCUT2D eigenvalue weighted by Gasteiger charge is -2.20. The molecule has 2 nitrogen and oxygen atoms in total. The van der Waals surface area contributed by atoms with Crippen molar-refractivity contribution in [2.24, 2.45) is 0 Å². The van der Waals surface area contributed by atoms with Crippen molar-refractivity contribution >= 4 is 25.7 Å². The molecule has 0 amide bonds. The Morgan fingerprint density at radius 1 is 1.06 bits per heavy atom. The summed E-state index contributed by atoms with van der Waals surface area (Å²) in [6, 6.07) is 9.81. The van der Waals surface area contributed by atoms with Gasteiger partial charge in [0.25, 0.3) is 0 Å². The summed E-state index contributed by atoms with van der Waals surface area (Å²) in [6.07, 6.45) is 0. The molecule has 0 aliphatic heterocycles. The van der Waals surface area contributed by atoms with Gasteiger partial charge in [-0.05, 0) is 27.8 Å². The van der Waals surface area contributed by atoms with Crippen LogP contribution in [-0.2, 0) is 5.41 Å². The van der Waals surface area contributed by atoms with Gasteiger partial charge in [-0.2, -0.15) is 0 Å². The van der Waals surface area contributed by atoms with Crippen molar-refractivity contribution in [3.63, 3.8) is 0 Å². The first-order valence-electron chi connectivity index (χ1n) is 5.79. The minimum atomic E-state index is -1.36. The van der Waals surface area contributed by atoms with Crippen LogP contribution in [0.5, 0.6) is 5.75 Å². The van der Waals surface area contributed by atoms with E-state index in [1.165, 1.54) is 5.56 Å². The number of benzene rings is 2. The van der Waals surface area contributed by atoms with Crippen molar-refractivity contribution < 1.29 is 9.90 Å². The molecule has 0 heterocycles. The van der Waals surface area contributed by atoms with Crippen LogP contribution in [0, 0.1) is 0 Å². The molecule has 0 unspecified atom stereocenters. The van der Waals surface area contributed by atoms with Gasteiger partial charge in [-0.1, -0.05) is 45.0 Å². The molecule has 2 aromatic rings. The Bertz CT molecular complexity index is 556. The Morgan fingerprint density at radius 3 is 2.35 bits per heavy atom. The molecule has 0 spiro atoms. The molecule has 0 bridgehead atoms. The van der Waals surface area contributed by atoms with Gasteiger partial charge in [0, 0.05) is 5.19 Å². The van der Waals surface area contributed by atoms with Crippen molar-refractivity contribution in [2.45, 2.75) is 26.2 Å². The lowest BCUT2D eigenvalue weighted by Crippen LogP contribution is -2.16. The number of hydrogen-bond acceptors (Lipinski definition) is 2. The average molecular weight is 246 g/mol. The van der Waals surface area contributed by atoms with Crippen LogP contribution < -0.4 is 5.19 Å². The summed E-state index contributed by atoms with van der Waals surface area (Å²) in [7, 11) is -1.36. The van der Waals surface area contributed by atoms with Gasteiger partial charge in [-0.3, -0.25) is 0 Å². The summed E-state index contributed by atoms with van der Waals surface area (Å²) in [5.41, 5.74) is 1.38. The molecule has 2 aromatic carbocycles. The third-order valence-corrected chi connectivity index (χ3v) is 4.19. The summed E-state index contributed by atoms with van der Waals surface area (Å²) >= 11 is 0. The Hall–Kier alpha value is -1.32. The summed E-state index contributed by atoms with van der Waals surface area (Å²) in [5.74, 6) is 0.218. The van der Waals surface area contributed by atoms with Crippen LogP contribution in [0.25, 0.3) is 10.8 Å². The quantitative estimate of drug-likeness (QED) is 0.749. The SMILES string of the molecule is CC(C)(C)c1ccc2c([SiH2]O)c(O)ccc2c1. The van der Waals surface area contributed by atoms with Gasteiger partial charge in [0.15, 0.2) is 9.76 Å².